The number of methoxy groups -OCH3 is 1. The molecule has 112 valence electrons. The molecule has 2 aromatic rings. The molecule has 1 atom stereocenters. The summed E-state index contributed by atoms with van der Waals surface area (Å²) in [5.41, 5.74) is 2.99. The van der Waals surface area contributed by atoms with Gasteiger partial charge in [0.1, 0.15) is 5.69 Å². The summed E-state index contributed by atoms with van der Waals surface area (Å²) < 4.78 is 9.07. The second kappa shape index (κ2) is 5.37. The van der Waals surface area contributed by atoms with Crippen LogP contribution in [0.25, 0.3) is 0 Å². The first-order chi connectivity index (χ1) is 10.1. The Morgan fingerprint density at radius 1 is 1.48 bits per heavy atom. The minimum atomic E-state index is 0.0538. The fourth-order valence-corrected chi connectivity index (χ4v) is 3.10. The lowest BCUT2D eigenvalue weighted by atomic mass is 9.96. The van der Waals surface area contributed by atoms with E-state index in [1.807, 2.05) is 52.8 Å². The van der Waals surface area contributed by atoms with Crippen molar-refractivity contribution in [3.63, 3.8) is 0 Å². The number of rotatable bonds is 3. The first-order valence-corrected chi connectivity index (χ1v) is 7.02. The molecule has 2 aromatic heterocycles. The van der Waals surface area contributed by atoms with E-state index in [0.717, 1.165) is 5.56 Å². The van der Waals surface area contributed by atoms with Gasteiger partial charge in [-0.25, -0.2) is 0 Å². The third-order valence-corrected chi connectivity index (χ3v) is 4.07. The Bertz CT molecular complexity index is 658. The highest BCUT2D eigenvalue weighted by atomic mass is 16.5. The molecule has 0 spiro atoms. The normalized spacial score (nSPS) is 17.9. The van der Waals surface area contributed by atoms with E-state index in [0.29, 0.717) is 25.4 Å². The molecule has 1 aliphatic rings. The van der Waals surface area contributed by atoms with Gasteiger partial charge in [-0.05, 0) is 12.1 Å². The zero-order valence-corrected chi connectivity index (χ0v) is 12.6. The van der Waals surface area contributed by atoms with Gasteiger partial charge in [0.2, 0.25) is 0 Å². The van der Waals surface area contributed by atoms with Crippen molar-refractivity contribution in [3.05, 3.63) is 41.5 Å². The van der Waals surface area contributed by atoms with Crippen LogP contribution in [0.3, 0.4) is 0 Å². The highest BCUT2D eigenvalue weighted by Crippen LogP contribution is 2.29. The summed E-state index contributed by atoms with van der Waals surface area (Å²) in [6.45, 7) is 1.85. The van der Waals surface area contributed by atoms with Crippen molar-refractivity contribution in [3.8, 4) is 0 Å². The fraction of sp³-hybridized carbons (Fsp3) is 0.467. The molecule has 1 aliphatic heterocycles. The third kappa shape index (κ3) is 2.35. The number of hydrogen-bond acceptors (Lipinski definition) is 3. The summed E-state index contributed by atoms with van der Waals surface area (Å²) >= 11 is 0. The molecule has 3 heterocycles. The molecular formula is C15H20N4O2. The Morgan fingerprint density at radius 2 is 2.29 bits per heavy atom. The Balaban J connectivity index is 1.90. The lowest BCUT2D eigenvalue weighted by Gasteiger charge is -2.33. The third-order valence-electron chi connectivity index (χ3n) is 4.07. The molecule has 3 rings (SSSR count). The second-order valence-electron chi connectivity index (χ2n) is 5.52. The molecule has 6 heteroatoms. The summed E-state index contributed by atoms with van der Waals surface area (Å²) in [5, 5.41) is 4.32. The van der Waals surface area contributed by atoms with Gasteiger partial charge in [-0.15, -0.1) is 0 Å². The van der Waals surface area contributed by atoms with Crippen LogP contribution >= 0.6 is 0 Å². The molecule has 0 saturated carbocycles. The molecule has 0 aliphatic carbocycles. The predicted molar refractivity (Wildman–Crippen MR) is 78.0 cm³/mol. The van der Waals surface area contributed by atoms with Crippen molar-refractivity contribution < 1.29 is 9.53 Å². The van der Waals surface area contributed by atoms with Crippen LogP contribution in [0.2, 0.25) is 0 Å². The van der Waals surface area contributed by atoms with E-state index in [1.165, 1.54) is 5.69 Å². The molecule has 1 unspecified atom stereocenters. The second-order valence-corrected chi connectivity index (χ2v) is 5.52. The van der Waals surface area contributed by atoms with E-state index in [-0.39, 0.29) is 11.8 Å². The van der Waals surface area contributed by atoms with Gasteiger partial charge in [0.25, 0.3) is 5.91 Å². The first kappa shape index (κ1) is 13.9. The number of aromatic nitrogens is 3. The highest BCUT2D eigenvalue weighted by Gasteiger charge is 2.32. The molecule has 0 radical (unpaired) electrons. The molecule has 0 bridgehead atoms. The Morgan fingerprint density at radius 3 is 2.95 bits per heavy atom. The van der Waals surface area contributed by atoms with Gasteiger partial charge in [0.05, 0.1) is 18.5 Å². The summed E-state index contributed by atoms with van der Waals surface area (Å²) in [6.07, 6.45) is 3.74. The number of carbonyl (C=O) groups excluding carboxylic acids is 1. The number of hydrogen-bond donors (Lipinski definition) is 0. The van der Waals surface area contributed by atoms with Gasteiger partial charge >= 0.3 is 0 Å². The van der Waals surface area contributed by atoms with Gasteiger partial charge in [0.15, 0.2) is 0 Å². The summed E-state index contributed by atoms with van der Waals surface area (Å²) in [5.74, 6) is 0.216. The minimum absolute atomic E-state index is 0.0538. The number of ether oxygens (including phenoxy) is 1. The summed E-state index contributed by atoms with van der Waals surface area (Å²) in [4.78, 5) is 14.6. The van der Waals surface area contributed by atoms with Crippen LogP contribution in [0.4, 0.5) is 0 Å². The Labute approximate surface area is 123 Å². The Kier molecular flexibility index (Phi) is 3.55. The maximum atomic E-state index is 12.7. The van der Waals surface area contributed by atoms with Crippen LogP contribution in [0.1, 0.15) is 27.7 Å². The highest BCUT2D eigenvalue weighted by molar-refractivity contribution is 5.93. The number of nitrogens with zero attached hydrogens (tertiary/aromatic N) is 4. The monoisotopic (exact) mass is 288 g/mol. The maximum Gasteiger partial charge on any atom is 0.270 e. The van der Waals surface area contributed by atoms with Crippen molar-refractivity contribution in [1.82, 2.24) is 19.2 Å². The van der Waals surface area contributed by atoms with Gasteiger partial charge in [-0.3, -0.25) is 9.48 Å². The largest absolute Gasteiger partial charge is 0.384 e. The van der Waals surface area contributed by atoms with E-state index >= 15 is 0 Å². The minimum Gasteiger partial charge on any atom is -0.384 e. The van der Waals surface area contributed by atoms with E-state index in [2.05, 4.69) is 5.10 Å². The maximum absolute atomic E-state index is 12.7. The van der Waals surface area contributed by atoms with Crippen molar-refractivity contribution in [1.29, 1.82) is 0 Å². The zero-order valence-electron chi connectivity index (χ0n) is 12.6. The lowest BCUT2D eigenvalue weighted by molar-refractivity contribution is 0.0666. The molecule has 0 N–H and O–H groups in total. The van der Waals surface area contributed by atoms with Gasteiger partial charge in [-0.2, -0.15) is 5.10 Å². The SMILES string of the molecule is COCC1CN(C(=O)c2cccn2C)Cc2cnn(C)c21. The molecule has 0 fully saturated rings. The van der Waals surface area contributed by atoms with Crippen LogP contribution in [0.15, 0.2) is 24.5 Å². The van der Waals surface area contributed by atoms with E-state index in [4.69, 9.17) is 4.74 Å². The van der Waals surface area contributed by atoms with Crippen LogP contribution in [0.5, 0.6) is 0 Å². The fourth-order valence-electron chi connectivity index (χ4n) is 3.10. The average Bonchev–Trinajstić information content (AvgIpc) is 3.05. The van der Waals surface area contributed by atoms with Gasteiger partial charge in [-0.1, -0.05) is 0 Å². The van der Waals surface area contributed by atoms with E-state index in [9.17, 15) is 4.79 Å². The molecular weight excluding hydrogens is 268 g/mol. The molecule has 6 nitrogen and oxygen atoms in total. The standard InChI is InChI=1S/C15H20N4O2/c1-17-6-4-5-13(17)15(20)19-8-11-7-16-18(2)14(11)12(9-19)10-21-3/h4-7,12H,8-10H2,1-3H3. The van der Waals surface area contributed by atoms with Gasteiger partial charge in [0, 0.05) is 52.0 Å². The number of carbonyl (C=O) groups is 1. The number of amides is 1. The average molecular weight is 288 g/mol. The van der Waals surface area contributed by atoms with E-state index < -0.39 is 0 Å². The topological polar surface area (TPSA) is 52.3 Å². The summed E-state index contributed by atoms with van der Waals surface area (Å²) in [7, 11) is 5.52. The van der Waals surface area contributed by atoms with Crippen LogP contribution in [-0.2, 0) is 25.4 Å². The first-order valence-electron chi connectivity index (χ1n) is 7.02. The summed E-state index contributed by atoms with van der Waals surface area (Å²) in [6, 6.07) is 3.74. The molecule has 0 saturated heterocycles. The lowest BCUT2D eigenvalue weighted by Crippen LogP contribution is -2.40. The van der Waals surface area contributed by atoms with Crippen molar-refractivity contribution in [2.45, 2.75) is 12.5 Å². The smallest absolute Gasteiger partial charge is 0.270 e. The molecule has 1 amide bonds. The zero-order chi connectivity index (χ0) is 15.0. The van der Waals surface area contributed by atoms with Crippen LogP contribution < -0.4 is 0 Å². The molecule has 0 aromatic carbocycles. The van der Waals surface area contributed by atoms with Gasteiger partial charge < -0.3 is 14.2 Å². The van der Waals surface area contributed by atoms with Crippen molar-refractivity contribution >= 4 is 5.91 Å². The number of aryl methyl sites for hydroxylation is 2. The Hall–Kier alpha value is -2.08. The van der Waals surface area contributed by atoms with Crippen molar-refractivity contribution in [2.75, 3.05) is 20.3 Å². The van der Waals surface area contributed by atoms with E-state index in [1.54, 1.807) is 7.11 Å². The van der Waals surface area contributed by atoms with Crippen LogP contribution in [-0.4, -0.2) is 45.4 Å². The van der Waals surface area contributed by atoms with Crippen molar-refractivity contribution in [2.24, 2.45) is 14.1 Å². The number of fused-ring (bicyclic) bond motifs is 1. The quantitative estimate of drug-likeness (QED) is 0.851. The predicted octanol–water partition coefficient (Wildman–Crippen LogP) is 1.14. The molecule has 21 heavy (non-hydrogen) atoms. The van der Waals surface area contributed by atoms with Crippen LogP contribution in [0, 0.1) is 0 Å².